The number of nitrogens with one attached hydrogen (secondary N) is 3. The van der Waals surface area contributed by atoms with Crippen molar-refractivity contribution in [1.82, 2.24) is 29.7 Å². The summed E-state index contributed by atoms with van der Waals surface area (Å²) in [6, 6.07) is 19.7. The van der Waals surface area contributed by atoms with Gasteiger partial charge in [-0.15, -0.1) is 0 Å². The highest BCUT2D eigenvalue weighted by Gasteiger charge is 2.44. The third-order valence-electron chi connectivity index (χ3n) is 9.56. The molecule has 4 atom stereocenters. The number of aliphatic hydroxyl groups is 2. The van der Waals surface area contributed by atoms with Crippen LogP contribution >= 0.6 is 0 Å². The largest absolute Gasteiger partial charge is 0.490 e. The van der Waals surface area contributed by atoms with Gasteiger partial charge in [0.1, 0.15) is 12.2 Å². The Morgan fingerprint density at radius 1 is 0.906 bits per heavy atom. The number of amides is 1. The molecule has 2 aliphatic rings. The van der Waals surface area contributed by atoms with E-state index in [1.165, 1.54) is 30.4 Å². The molecule has 6 N–H and O–H groups in total. The smallest absolute Gasteiger partial charge is 0.475 e. The Hall–Kier alpha value is -4.80. The predicted molar refractivity (Wildman–Crippen MR) is 193 cm³/mol. The molecule has 2 fully saturated rings. The topological polar surface area (TPSA) is 178 Å². The molecule has 0 bridgehead atoms. The molecule has 16 heteroatoms. The number of halogens is 3. The van der Waals surface area contributed by atoms with Crippen molar-refractivity contribution in [3.05, 3.63) is 78.1 Å². The number of carboxylic acid groups (broad SMARTS) is 1. The first-order valence-corrected chi connectivity index (χ1v) is 17.8. The second-order valence-electron chi connectivity index (χ2n) is 13.7. The predicted octanol–water partition coefficient (Wildman–Crippen LogP) is 4.41. The molecule has 13 nitrogen and oxygen atoms in total. The van der Waals surface area contributed by atoms with Gasteiger partial charge in [0.15, 0.2) is 17.0 Å². The van der Waals surface area contributed by atoms with E-state index in [0.717, 1.165) is 19.6 Å². The number of piperidine rings is 1. The SMILES string of the molecule is CC(C)C(=O)N[C@H]1C[C@@H](n2cnc3c(NCC(c4ccccc4)c4ccccc4)nc(NCCN4CCCCC4)nc32)[C@H](O)[C@@H]1O.O=C(O)C(F)(F)F. The van der Waals surface area contributed by atoms with Crippen LogP contribution in [-0.2, 0) is 9.59 Å². The van der Waals surface area contributed by atoms with Gasteiger partial charge in [-0.25, -0.2) is 9.78 Å². The lowest BCUT2D eigenvalue weighted by Crippen LogP contribution is -2.44. The van der Waals surface area contributed by atoms with Crippen LogP contribution < -0.4 is 16.0 Å². The summed E-state index contributed by atoms with van der Waals surface area (Å²) in [5.74, 6) is -2.00. The van der Waals surface area contributed by atoms with Gasteiger partial charge in [-0.05, 0) is 43.5 Å². The Balaban J connectivity index is 0.000000705. The van der Waals surface area contributed by atoms with Gasteiger partial charge in [0, 0.05) is 31.5 Å². The lowest BCUT2D eigenvalue weighted by molar-refractivity contribution is -0.192. The molecule has 0 radical (unpaired) electrons. The van der Waals surface area contributed by atoms with E-state index in [4.69, 9.17) is 24.9 Å². The van der Waals surface area contributed by atoms with Crippen LogP contribution in [0.25, 0.3) is 11.2 Å². The summed E-state index contributed by atoms with van der Waals surface area (Å²) in [6.45, 7) is 8.00. The van der Waals surface area contributed by atoms with Crippen LogP contribution in [0.3, 0.4) is 0 Å². The summed E-state index contributed by atoms with van der Waals surface area (Å²) in [5, 5.41) is 39.1. The number of imidazole rings is 1. The number of hydrogen-bond donors (Lipinski definition) is 6. The van der Waals surface area contributed by atoms with Gasteiger partial charge < -0.3 is 40.7 Å². The van der Waals surface area contributed by atoms with E-state index in [-0.39, 0.29) is 17.7 Å². The second kappa shape index (κ2) is 17.8. The molecular formula is C37H47F3N8O5. The van der Waals surface area contributed by atoms with Gasteiger partial charge in [0.05, 0.1) is 18.4 Å². The summed E-state index contributed by atoms with van der Waals surface area (Å²) < 4.78 is 33.6. The lowest BCUT2D eigenvalue weighted by atomic mass is 9.91. The quantitative estimate of drug-likeness (QED) is 0.121. The third-order valence-corrected chi connectivity index (χ3v) is 9.56. The van der Waals surface area contributed by atoms with E-state index >= 15 is 0 Å². The minimum Gasteiger partial charge on any atom is -0.475 e. The number of rotatable bonds is 12. The lowest BCUT2D eigenvalue weighted by Gasteiger charge is -2.26. The molecule has 2 aromatic heterocycles. The van der Waals surface area contributed by atoms with Crippen molar-refractivity contribution in [3.8, 4) is 0 Å². The zero-order chi connectivity index (χ0) is 38.1. The molecule has 53 heavy (non-hydrogen) atoms. The number of aliphatic carboxylic acids is 1. The number of carbonyl (C=O) groups excluding carboxylic acids is 1. The van der Waals surface area contributed by atoms with Crippen LogP contribution in [0.5, 0.6) is 0 Å². The molecule has 1 aliphatic carbocycles. The number of benzene rings is 2. The number of anilines is 2. The number of aliphatic hydroxyl groups excluding tert-OH is 2. The molecule has 1 amide bonds. The van der Waals surface area contributed by atoms with E-state index in [0.29, 0.717) is 42.4 Å². The van der Waals surface area contributed by atoms with E-state index < -0.39 is 36.4 Å². The van der Waals surface area contributed by atoms with Gasteiger partial charge >= 0.3 is 12.1 Å². The molecule has 0 spiro atoms. The summed E-state index contributed by atoms with van der Waals surface area (Å²) in [4.78, 5) is 38.3. The maximum atomic E-state index is 12.4. The van der Waals surface area contributed by atoms with Gasteiger partial charge in [-0.1, -0.05) is 80.9 Å². The van der Waals surface area contributed by atoms with Crippen molar-refractivity contribution in [3.63, 3.8) is 0 Å². The van der Waals surface area contributed by atoms with Crippen molar-refractivity contribution < 1.29 is 38.1 Å². The number of carboxylic acids is 1. The summed E-state index contributed by atoms with van der Waals surface area (Å²) in [5.41, 5.74) is 3.52. The fraction of sp³-hybridized carbons (Fsp3) is 0.486. The minimum atomic E-state index is -5.08. The average molecular weight is 741 g/mol. The van der Waals surface area contributed by atoms with Crippen molar-refractivity contribution >= 4 is 34.8 Å². The first-order chi connectivity index (χ1) is 25.3. The normalized spacial score (nSPS) is 20.6. The molecule has 0 unspecified atom stereocenters. The standard InChI is InChI=1S/C35H46N8O3.C2HF3O2/c1-23(2)34(46)39-27-20-28(31(45)30(27)44)43-22-38-29-32(40-35(41-33(29)43)36-16-19-42-17-10-5-11-18-42)37-21-26(24-12-6-3-7-13-24)25-14-8-4-9-15-25;3-2(4,5)1(6)7/h3-4,6-9,12-15,22-23,26-28,30-31,44-45H,5,10-11,16-21H2,1-2H3,(H,39,46)(H2,36,37,40,41);(H,6,7)/t27-,28+,30+,31-;/m0./s1. The van der Waals surface area contributed by atoms with Crippen LogP contribution in [0.4, 0.5) is 24.9 Å². The molecular weight excluding hydrogens is 693 g/mol. The molecule has 1 aliphatic heterocycles. The minimum absolute atomic E-state index is 0.0714. The Kier molecular flexibility index (Phi) is 13.2. The second-order valence-corrected chi connectivity index (χ2v) is 13.7. The maximum absolute atomic E-state index is 12.4. The maximum Gasteiger partial charge on any atom is 0.490 e. The molecule has 3 heterocycles. The Morgan fingerprint density at radius 3 is 2.08 bits per heavy atom. The first kappa shape index (κ1) is 39.4. The molecule has 2 aromatic carbocycles. The first-order valence-electron chi connectivity index (χ1n) is 17.8. The number of nitrogens with zero attached hydrogens (tertiary/aromatic N) is 5. The third kappa shape index (κ3) is 10.2. The number of carbonyl (C=O) groups is 2. The molecule has 1 saturated heterocycles. The highest BCUT2D eigenvalue weighted by atomic mass is 19.4. The van der Waals surface area contributed by atoms with Crippen molar-refractivity contribution in [1.29, 1.82) is 0 Å². The zero-order valence-electron chi connectivity index (χ0n) is 29.7. The molecule has 6 rings (SSSR count). The van der Waals surface area contributed by atoms with E-state index in [2.05, 4.69) is 69.4 Å². The fourth-order valence-corrected chi connectivity index (χ4v) is 6.64. The Bertz CT molecular complexity index is 1750. The van der Waals surface area contributed by atoms with Gasteiger partial charge in [-0.2, -0.15) is 23.1 Å². The number of alkyl halides is 3. The van der Waals surface area contributed by atoms with Gasteiger partial charge in [0.25, 0.3) is 0 Å². The van der Waals surface area contributed by atoms with Crippen LogP contribution in [0.15, 0.2) is 67.0 Å². The summed E-state index contributed by atoms with van der Waals surface area (Å²) >= 11 is 0. The highest BCUT2D eigenvalue weighted by Crippen LogP contribution is 2.35. The van der Waals surface area contributed by atoms with Gasteiger partial charge in [-0.3, -0.25) is 4.79 Å². The Labute approximate surface area is 305 Å². The van der Waals surface area contributed by atoms with Gasteiger partial charge in [0.2, 0.25) is 11.9 Å². The van der Waals surface area contributed by atoms with Crippen LogP contribution in [-0.4, -0.2) is 109 Å². The number of aromatic nitrogens is 4. The molecule has 1 saturated carbocycles. The van der Waals surface area contributed by atoms with Crippen LogP contribution in [0, 0.1) is 5.92 Å². The van der Waals surface area contributed by atoms with Crippen molar-refractivity contribution in [2.75, 3.05) is 43.4 Å². The summed E-state index contributed by atoms with van der Waals surface area (Å²) in [7, 11) is 0. The number of hydrogen-bond acceptors (Lipinski definition) is 10. The van der Waals surface area contributed by atoms with Crippen LogP contribution in [0.2, 0.25) is 0 Å². The Morgan fingerprint density at radius 2 is 1.51 bits per heavy atom. The average Bonchev–Trinajstić information content (AvgIpc) is 3.69. The van der Waals surface area contributed by atoms with E-state index in [1.54, 1.807) is 20.2 Å². The van der Waals surface area contributed by atoms with Crippen molar-refractivity contribution in [2.45, 2.75) is 75.9 Å². The van der Waals surface area contributed by atoms with E-state index in [1.807, 2.05) is 16.7 Å². The summed E-state index contributed by atoms with van der Waals surface area (Å²) in [6.07, 6.45) is -1.54. The van der Waals surface area contributed by atoms with Crippen LogP contribution in [0.1, 0.15) is 62.6 Å². The van der Waals surface area contributed by atoms with Crippen molar-refractivity contribution in [2.24, 2.45) is 5.92 Å². The number of likely N-dealkylation sites (tertiary alicyclic amines) is 1. The van der Waals surface area contributed by atoms with E-state index in [9.17, 15) is 28.2 Å². The fourth-order valence-electron chi connectivity index (χ4n) is 6.64. The monoisotopic (exact) mass is 740 g/mol. The molecule has 286 valence electrons. The number of fused-ring (bicyclic) bond motifs is 1. The zero-order valence-corrected chi connectivity index (χ0v) is 29.7. The molecule has 4 aromatic rings. The highest BCUT2D eigenvalue weighted by molar-refractivity contribution is 5.84.